The molecule has 1 rings (SSSR count). The first-order chi connectivity index (χ1) is 8.37. The highest BCUT2D eigenvalue weighted by Crippen LogP contribution is 2.20. The van der Waals surface area contributed by atoms with Crippen molar-refractivity contribution in [1.29, 1.82) is 0 Å². The Balaban J connectivity index is 2.22. The molecule has 0 saturated heterocycles. The largest absolute Gasteiger partial charge is 0.491 e. The van der Waals surface area contributed by atoms with Gasteiger partial charge in [0.05, 0.1) is 19.0 Å². The highest BCUT2D eigenvalue weighted by Gasteiger charge is 2.04. The van der Waals surface area contributed by atoms with Crippen LogP contribution in [0.3, 0.4) is 0 Å². The molecular formula is C10H11BrClFO4S. The van der Waals surface area contributed by atoms with E-state index in [0.29, 0.717) is 10.2 Å². The van der Waals surface area contributed by atoms with Crippen molar-refractivity contribution in [2.45, 2.75) is 0 Å². The Morgan fingerprint density at radius 3 is 2.56 bits per heavy atom. The topological polar surface area (TPSA) is 52.6 Å². The zero-order valence-corrected chi connectivity index (χ0v) is 12.4. The second-order valence-electron chi connectivity index (χ2n) is 3.31. The third kappa shape index (κ3) is 7.15. The van der Waals surface area contributed by atoms with E-state index < -0.39 is 14.9 Å². The van der Waals surface area contributed by atoms with Crippen LogP contribution in [0, 0.1) is 5.82 Å². The molecule has 0 fully saturated rings. The van der Waals surface area contributed by atoms with Crippen LogP contribution in [-0.2, 0) is 13.8 Å². The van der Waals surface area contributed by atoms with E-state index in [0.717, 1.165) is 0 Å². The van der Waals surface area contributed by atoms with Crippen LogP contribution in [0.25, 0.3) is 0 Å². The molecule has 0 atom stereocenters. The third-order valence-electron chi connectivity index (χ3n) is 1.80. The molecule has 0 N–H and O–H groups in total. The summed E-state index contributed by atoms with van der Waals surface area (Å²) in [7, 11) is 1.47. The maximum absolute atomic E-state index is 13.0. The monoisotopic (exact) mass is 360 g/mol. The molecule has 0 radical (unpaired) electrons. The molecule has 0 aliphatic carbocycles. The van der Waals surface area contributed by atoms with E-state index in [-0.39, 0.29) is 25.6 Å². The summed E-state index contributed by atoms with van der Waals surface area (Å²) in [4.78, 5) is 0. The Kier molecular flexibility index (Phi) is 6.34. The van der Waals surface area contributed by atoms with Crippen LogP contribution in [0.1, 0.15) is 0 Å². The minimum Gasteiger partial charge on any atom is -0.491 e. The molecule has 4 nitrogen and oxygen atoms in total. The van der Waals surface area contributed by atoms with E-state index in [9.17, 15) is 12.8 Å². The van der Waals surface area contributed by atoms with Crippen LogP contribution in [-0.4, -0.2) is 34.0 Å². The van der Waals surface area contributed by atoms with Crippen molar-refractivity contribution in [3.05, 3.63) is 28.5 Å². The summed E-state index contributed by atoms with van der Waals surface area (Å²) in [5.74, 6) is -0.288. The highest BCUT2D eigenvalue weighted by molar-refractivity contribution is 9.10. The predicted octanol–water partition coefficient (Wildman–Crippen LogP) is 2.55. The normalized spacial score (nSPS) is 11.5. The summed E-state index contributed by atoms with van der Waals surface area (Å²) < 4.78 is 44.9. The predicted molar refractivity (Wildman–Crippen MR) is 70.1 cm³/mol. The minimum absolute atomic E-state index is 0.00202. The first kappa shape index (κ1) is 15.7. The first-order valence-corrected chi connectivity index (χ1v) is 8.23. The van der Waals surface area contributed by atoms with E-state index >= 15 is 0 Å². The number of halogens is 3. The van der Waals surface area contributed by atoms with Gasteiger partial charge in [0.1, 0.15) is 18.2 Å². The van der Waals surface area contributed by atoms with Gasteiger partial charge in [-0.15, -0.1) is 0 Å². The third-order valence-corrected chi connectivity index (χ3v) is 3.38. The van der Waals surface area contributed by atoms with Crippen LogP contribution in [0.2, 0.25) is 0 Å². The van der Waals surface area contributed by atoms with Crippen LogP contribution in [0.4, 0.5) is 4.39 Å². The van der Waals surface area contributed by atoms with Gasteiger partial charge in [-0.2, -0.15) is 0 Å². The molecule has 0 aliphatic rings. The van der Waals surface area contributed by atoms with Crippen LogP contribution >= 0.6 is 26.6 Å². The Morgan fingerprint density at radius 1 is 1.22 bits per heavy atom. The molecule has 0 amide bonds. The number of rotatable bonds is 7. The van der Waals surface area contributed by atoms with Crippen molar-refractivity contribution >= 4 is 35.7 Å². The van der Waals surface area contributed by atoms with Crippen LogP contribution in [0.15, 0.2) is 22.7 Å². The second-order valence-corrected chi connectivity index (χ2v) is 7.12. The van der Waals surface area contributed by atoms with E-state index in [1.54, 1.807) is 6.07 Å². The zero-order chi connectivity index (χ0) is 13.6. The fourth-order valence-electron chi connectivity index (χ4n) is 1.09. The number of ether oxygens (including phenoxy) is 2. The Bertz CT molecular complexity index is 474. The number of hydrogen-bond acceptors (Lipinski definition) is 4. The molecule has 1 aromatic rings. The summed E-state index contributed by atoms with van der Waals surface area (Å²) in [6.45, 7) is 0.390. The van der Waals surface area contributed by atoms with Gasteiger partial charge in [0.15, 0.2) is 0 Å². The van der Waals surface area contributed by atoms with Crippen LogP contribution < -0.4 is 4.74 Å². The Hall–Kier alpha value is -0.370. The van der Waals surface area contributed by atoms with Crippen molar-refractivity contribution < 1.29 is 22.3 Å². The van der Waals surface area contributed by atoms with Gasteiger partial charge in [0, 0.05) is 21.2 Å². The maximum atomic E-state index is 13.0. The van der Waals surface area contributed by atoms with Gasteiger partial charge in [-0.05, 0) is 12.1 Å². The molecule has 8 heteroatoms. The molecule has 0 heterocycles. The van der Waals surface area contributed by atoms with Gasteiger partial charge in [0.25, 0.3) is 0 Å². The molecule has 0 spiro atoms. The van der Waals surface area contributed by atoms with Gasteiger partial charge < -0.3 is 9.47 Å². The highest BCUT2D eigenvalue weighted by atomic mass is 79.9. The summed E-state index contributed by atoms with van der Waals surface area (Å²) in [5.41, 5.74) is 0. The molecule has 102 valence electrons. The van der Waals surface area contributed by atoms with Crippen LogP contribution in [0.5, 0.6) is 5.75 Å². The van der Waals surface area contributed by atoms with Gasteiger partial charge in [-0.1, -0.05) is 15.9 Å². The molecular weight excluding hydrogens is 351 g/mol. The lowest BCUT2D eigenvalue weighted by molar-refractivity contribution is 0.111. The number of hydrogen-bond donors (Lipinski definition) is 0. The van der Waals surface area contributed by atoms with E-state index in [1.807, 2.05) is 0 Å². The van der Waals surface area contributed by atoms with Crippen molar-refractivity contribution in [3.63, 3.8) is 0 Å². The first-order valence-electron chi connectivity index (χ1n) is 4.96. The average molecular weight is 362 g/mol. The lowest BCUT2D eigenvalue weighted by Crippen LogP contribution is -2.12. The zero-order valence-electron chi connectivity index (χ0n) is 9.24. The van der Waals surface area contributed by atoms with E-state index in [2.05, 4.69) is 15.9 Å². The fraction of sp³-hybridized carbons (Fsp3) is 0.400. The Morgan fingerprint density at radius 2 is 1.94 bits per heavy atom. The van der Waals surface area contributed by atoms with E-state index in [4.69, 9.17) is 20.2 Å². The van der Waals surface area contributed by atoms with Crippen molar-refractivity contribution in [2.24, 2.45) is 0 Å². The SMILES string of the molecule is O=S(=O)(Cl)CCOCCOc1cc(F)cc(Br)c1. The molecule has 0 aromatic heterocycles. The minimum atomic E-state index is -3.52. The summed E-state index contributed by atoms with van der Waals surface area (Å²) in [6, 6.07) is 4.18. The maximum Gasteiger partial charge on any atom is 0.234 e. The lowest BCUT2D eigenvalue weighted by Gasteiger charge is -2.07. The molecule has 0 unspecified atom stereocenters. The van der Waals surface area contributed by atoms with Gasteiger partial charge >= 0.3 is 0 Å². The molecule has 0 aliphatic heterocycles. The molecule has 0 bridgehead atoms. The summed E-state index contributed by atoms with van der Waals surface area (Å²) in [6.07, 6.45) is 0. The fourth-order valence-corrected chi connectivity index (χ4v) is 2.04. The quantitative estimate of drug-likeness (QED) is 0.553. The smallest absolute Gasteiger partial charge is 0.234 e. The van der Waals surface area contributed by atoms with Crippen molar-refractivity contribution in [3.8, 4) is 5.75 Å². The van der Waals surface area contributed by atoms with Crippen molar-refractivity contribution in [1.82, 2.24) is 0 Å². The van der Waals surface area contributed by atoms with Gasteiger partial charge in [-0.25, -0.2) is 12.8 Å². The van der Waals surface area contributed by atoms with Gasteiger partial charge in [0.2, 0.25) is 9.05 Å². The standard InChI is InChI=1S/C10H11BrClFO4S/c11-8-5-9(13)7-10(6-8)17-2-1-16-3-4-18(12,14)15/h5-7H,1-4H2. The Labute approximate surface area is 118 Å². The average Bonchev–Trinajstić information content (AvgIpc) is 2.20. The summed E-state index contributed by atoms with van der Waals surface area (Å²) >= 11 is 3.14. The molecule has 1 aromatic carbocycles. The molecule has 0 saturated carbocycles. The lowest BCUT2D eigenvalue weighted by atomic mass is 10.3. The summed E-state index contributed by atoms with van der Waals surface area (Å²) in [5, 5.41) is 0. The number of benzene rings is 1. The molecule has 18 heavy (non-hydrogen) atoms. The van der Waals surface area contributed by atoms with Crippen molar-refractivity contribution in [2.75, 3.05) is 25.6 Å². The second kappa shape index (κ2) is 7.28. The van der Waals surface area contributed by atoms with Gasteiger partial charge in [-0.3, -0.25) is 0 Å². The van der Waals surface area contributed by atoms with E-state index in [1.165, 1.54) is 12.1 Å².